The summed E-state index contributed by atoms with van der Waals surface area (Å²) < 4.78 is 0.898. The SMILES string of the molecule is Cc1cc(C)c(NC(=O)c2sc(NC(=O)c3ccc(Br)cc3)nc2C)c(C)c1. The van der Waals surface area contributed by atoms with Gasteiger partial charge in [-0.3, -0.25) is 14.9 Å². The van der Waals surface area contributed by atoms with E-state index in [1.165, 1.54) is 0 Å². The highest BCUT2D eigenvalue weighted by Gasteiger charge is 2.18. The lowest BCUT2D eigenvalue weighted by Gasteiger charge is -2.12. The molecule has 7 heteroatoms. The van der Waals surface area contributed by atoms with Crippen molar-refractivity contribution in [1.82, 2.24) is 4.98 Å². The molecule has 0 bridgehead atoms. The number of amides is 2. The first-order chi connectivity index (χ1) is 13.2. The molecule has 0 aliphatic heterocycles. The molecule has 0 aliphatic rings. The summed E-state index contributed by atoms with van der Waals surface area (Å²) in [6.45, 7) is 7.73. The smallest absolute Gasteiger partial charge is 0.267 e. The fourth-order valence-corrected chi connectivity index (χ4v) is 4.10. The Morgan fingerprint density at radius 3 is 2.14 bits per heavy atom. The second-order valence-corrected chi connectivity index (χ2v) is 8.54. The van der Waals surface area contributed by atoms with Gasteiger partial charge in [0, 0.05) is 15.7 Å². The molecule has 1 aromatic heterocycles. The van der Waals surface area contributed by atoms with Crippen molar-refractivity contribution in [2.24, 2.45) is 0 Å². The van der Waals surface area contributed by atoms with E-state index in [0.717, 1.165) is 38.2 Å². The zero-order valence-corrected chi connectivity index (χ0v) is 18.4. The Labute approximate surface area is 176 Å². The number of anilines is 2. The van der Waals surface area contributed by atoms with Gasteiger partial charge in [-0.25, -0.2) is 4.98 Å². The molecule has 2 aromatic carbocycles. The van der Waals surface area contributed by atoms with Crippen LogP contribution in [0.1, 0.15) is 42.4 Å². The maximum atomic E-state index is 12.8. The lowest BCUT2D eigenvalue weighted by atomic mass is 10.1. The molecule has 5 nitrogen and oxygen atoms in total. The van der Waals surface area contributed by atoms with Crippen molar-refractivity contribution >= 4 is 49.9 Å². The monoisotopic (exact) mass is 457 g/mol. The van der Waals surface area contributed by atoms with Crippen molar-refractivity contribution in [3.63, 3.8) is 0 Å². The Bertz CT molecular complexity index is 1040. The van der Waals surface area contributed by atoms with E-state index in [1.54, 1.807) is 31.2 Å². The molecule has 0 unspecified atom stereocenters. The average Bonchev–Trinajstić information content (AvgIpc) is 2.98. The first-order valence-electron chi connectivity index (χ1n) is 8.68. The van der Waals surface area contributed by atoms with E-state index < -0.39 is 0 Å². The van der Waals surface area contributed by atoms with Crippen molar-refractivity contribution in [3.8, 4) is 0 Å². The molecule has 2 amide bonds. The number of aryl methyl sites for hydroxylation is 4. The highest BCUT2D eigenvalue weighted by Crippen LogP contribution is 2.27. The minimum Gasteiger partial charge on any atom is -0.321 e. The van der Waals surface area contributed by atoms with Gasteiger partial charge < -0.3 is 5.32 Å². The van der Waals surface area contributed by atoms with Gasteiger partial charge in [0.2, 0.25) is 0 Å². The number of halogens is 1. The standard InChI is InChI=1S/C21H20BrN3O2S/c1-11-9-12(2)17(13(3)10-11)24-20(27)18-14(4)23-21(28-18)25-19(26)15-5-7-16(22)8-6-15/h5-10H,1-4H3,(H,24,27)(H,23,25,26). The first-order valence-corrected chi connectivity index (χ1v) is 10.3. The Kier molecular flexibility index (Phi) is 5.96. The third-order valence-corrected chi connectivity index (χ3v) is 5.85. The van der Waals surface area contributed by atoms with E-state index in [1.807, 2.05) is 32.9 Å². The summed E-state index contributed by atoms with van der Waals surface area (Å²) in [5, 5.41) is 6.14. The van der Waals surface area contributed by atoms with Crippen LogP contribution in [0.5, 0.6) is 0 Å². The molecule has 1 heterocycles. The lowest BCUT2D eigenvalue weighted by molar-refractivity contribution is 0.102. The van der Waals surface area contributed by atoms with Crippen LogP contribution in [-0.4, -0.2) is 16.8 Å². The van der Waals surface area contributed by atoms with Crippen LogP contribution in [0.3, 0.4) is 0 Å². The largest absolute Gasteiger partial charge is 0.321 e. The van der Waals surface area contributed by atoms with E-state index in [2.05, 4.69) is 31.5 Å². The summed E-state index contributed by atoms with van der Waals surface area (Å²) in [5.74, 6) is -0.493. The van der Waals surface area contributed by atoms with Gasteiger partial charge in [0.25, 0.3) is 11.8 Å². The molecule has 0 radical (unpaired) electrons. The van der Waals surface area contributed by atoms with Gasteiger partial charge in [-0.2, -0.15) is 0 Å². The number of thiazole rings is 1. The number of hydrogen-bond donors (Lipinski definition) is 2. The number of nitrogens with zero attached hydrogens (tertiary/aromatic N) is 1. The average molecular weight is 458 g/mol. The molecule has 0 saturated heterocycles. The van der Waals surface area contributed by atoms with Crippen molar-refractivity contribution in [2.45, 2.75) is 27.7 Å². The van der Waals surface area contributed by atoms with Gasteiger partial charge >= 0.3 is 0 Å². The number of nitrogens with one attached hydrogen (secondary N) is 2. The maximum Gasteiger partial charge on any atom is 0.267 e. The van der Waals surface area contributed by atoms with Crippen LogP contribution < -0.4 is 10.6 Å². The Hall–Kier alpha value is -2.51. The van der Waals surface area contributed by atoms with Gasteiger partial charge in [-0.15, -0.1) is 0 Å². The molecule has 0 spiro atoms. The van der Waals surface area contributed by atoms with Crippen LogP contribution in [0.4, 0.5) is 10.8 Å². The van der Waals surface area contributed by atoms with Gasteiger partial charge in [0.05, 0.1) is 5.69 Å². The van der Waals surface area contributed by atoms with Crippen LogP contribution >= 0.6 is 27.3 Å². The molecule has 0 aliphatic carbocycles. The van der Waals surface area contributed by atoms with Crippen LogP contribution in [0.15, 0.2) is 40.9 Å². The topological polar surface area (TPSA) is 71.1 Å². The summed E-state index contributed by atoms with van der Waals surface area (Å²) >= 11 is 4.51. The number of benzene rings is 2. The van der Waals surface area contributed by atoms with E-state index in [-0.39, 0.29) is 11.8 Å². The third-order valence-electron chi connectivity index (χ3n) is 4.25. The van der Waals surface area contributed by atoms with E-state index in [4.69, 9.17) is 0 Å². The van der Waals surface area contributed by atoms with Gasteiger partial charge in [-0.05, 0) is 63.1 Å². The fourth-order valence-electron chi connectivity index (χ4n) is 2.98. The number of hydrogen-bond acceptors (Lipinski definition) is 4. The van der Waals surface area contributed by atoms with Crippen molar-refractivity contribution in [3.05, 3.63) is 73.7 Å². The Balaban J connectivity index is 1.77. The number of carbonyl (C=O) groups excluding carboxylic acids is 2. The Morgan fingerprint density at radius 1 is 0.929 bits per heavy atom. The molecule has 0 fully saturated rings. The summed E-state index contributed by atoms with van der Waals surface area (Å²) in [5.41, 5.74) is 5.08. The summed E-state index contributed by atoms with van der Waals surface area (Å²) in [6.07, 6.45) is 0. The van der Waals surface area contributed by atoms with Crippen molar-refractivity contribution in [1.29, 1.82) is 0 Å². The molecule has 0 atom stereocenters. The van der Waals surface area contributed by atoms with E-state index in [9.17, 15) is 9.59 Å². The minimum absolute atomic E-state index is 0.228. The van der Waals surface area contributed by atoms with Gasteiger partial charge in [0.1, 0.15) is 4.88 Å². The van der Waals surface area contributed by atoms with Gasteiger partial charge in [-0.1, -0.05) is 45.0 Å². The van der Waals surface area contributed by atoms with E-state index in [0.29, 0.717) is 21.3 Å². The fraction of sp³-hybridized carbons (Fsp3) is 0.190. The van der Waals surface area contributed by atoms with Gasteiger partial charge in [0.15, 0.2) is 5.13 Å². The van der Waals surface area contributed by atoms with Crippen LogP contribution in [-0.2, 0) is 0 Å². The number of aromatic nitrogens is 1. The molecular formula is C21H20BrN3O2S. The minimum atomic E-state index is -0.265. The predicted octanol–water partition coefficient (Wildman–Crippen LogP) is 5.64. The van der Waals surface area contributed by atoms with Crippen molar-refractivity contribution in [2.75, 3.05) is 10.6 Å². The van der Waals surface area contributed by atoms with E-state index >= 15 is 0 Å². The molecule has 2 N–H and O–H groups in total. The Morgan fingerprint density at radius 2 is 1.54 bits per heavy atom. The van der Waals surface area contributed by atoms with Crippen LogP contribution in [0.2, 0.25) is 0 Å². The number of carbonyl (C=O) groups is 2. The van der Waals surface area contributed by atoms with Crippen molar-refractivity contribution < 1.29 is 9.59 Å². The summed E-state index contributed by atoms with van der Waals surface area (Å²) in [7, 11) is 0. The molecule has 0 saturated carbocycles. The third kappa shape index (κ3) is 4.48. The molecular weight excluding hydrogens is 438 g/mol. The highest BCUT2D eigenvalue weighted by molar-refractivity contribution is 9.10. The zero-order chi connectivity index (χ0) is 20.4. The maximum absolute atomic E-state index is 12.8. The first kappa shape index (κ1) is 20.2. The molecule has 3 aromatic rings. The lowest BCUT2D eigenvalue weighted by Crippen LogP contribution is -2.13. The highest BCUT2D eigenvalue weighted by atomic mass is 79.9. The summed E-state index contributed by atoms with van der Waals surface area (Å²) in [6, 6.07) is 11.1. The number of rotatable bonds is 4. The molecule has 144 valence electrons. The van der Waals surface area contributed by atoms with Crippen LogP contribution in [0, 0.1) is 27.7 Å². The molecule has 3 rings (SSSR count). The second kappa shape index (κ2) is 8.24. The summed E-state index contributed by atoms with van der Waals surface area (Å²) in [4.78, 5) is 29.9. The molecule has 28 heavy (non-hydrogen) atoms. The normalized spacial score (nSPS) is 10.6. The zero-order valence-electron chi connectivity index (χ0n) is 16.0. The second-order valence-electron chi connectivity index (χ2n) is 6.62. The van der Waals surface area contributed by atoms with Crippen LogP contribution in [0.25, 0.3) is 0 Å². The quantitative estimate of drug-likeness (QED) is 0.531. The predicted molar refractivity (Wildman–Crippen MR) is 118 cm³/mol.